The van der Waals surface area contributed by atoms with Gasteiger partial charge in [-0.05, 0) is 65.3 Å². The van der Waals surface area contributed by atoms with Crippen LogP contribution >= 0.6 is 22.7 Å². The molecule has 4 aromatic heterocycles. The molecule has 0 fully saturated rings. The van der Waals surface area contributed by atoms with Crippen LogP contribution in [0.3, 0.4) is 0 Å². The molecule has 0 saturated heterocycles. The minimum Gasteiger partial charge on any atom is -0.250 e. The number of hydrogen-bond donors (Lipinski definition) is 0. The molecule has 0 aliphatic heterocycles. The molecule has 11 rings (SSSR count). The molecule has 0 aliphatic carbocycles. The molecule has 59 heavy (non-hydrogen) atoms. The summed E-state index contributed by atoms with van der Waals surface area (Å²) in [4.78, 5) is 18.2. The third-order valence-electron chi connectivity index (χ3n) is 11.9. The lowest BCUT2D eigenvalue weighted by Gasteiger charge is -2.25. The first kappa shape index (κ1) is 35.9. The Morgan fingerprint density at radius 2 is 1.12 bits per heavy atom. The van der Waals surface area contributed by atoms with Crippen LogP contribution in [0.15, 0.2) is 158 Å². The predicted octanol–water partition coefficient (Wildman–Crippen LogP) is 15.5. The van der Waals surface area contributed by atoms with Crippen LogP contribution in [0.25, 0.3) is 96.3 Å². The Bertz CT molecular complexity index is 3440. The molecule has 284 valence electrons. The van der Waals surface area contributed by atoms with Gasteiger partial charge in [0.05, 0.1) is 32.7 Å². The van der Waals surface area contributed by atoms with Gasteiger partial charge in [-0.25, -0.2) is 9.97 Å². The van der Waals surface area contributed by atoms with Crippen molar-refractivity contribution in [2.75, 3.05) is 0 Å². The molecule has 0 radical (unpaired) electrons. The lowest BCUT2D eigenvalue weighted by molar-refractivity contribution is 0.583. The lowest BCUT2D eigenvalue weighted by Crippen LogP contribution is -2.24. The predicted molar refractivity (Wildman–Crippen MR) is 254 cm³/mol. The van der Waals surface area contributed by atoms with Crippen molar-refractivity contribution >= 4 is 85.4 Å². The zero-order chi connectivity index (χ0) is 40.0. The van der Waals surface area contributed by atoms with Crippen molar-refractivity contribution in [2.45, 2.75) is 45.4 Å². The van der Waals surface area contributed by atoms with Crippen molar-refractivity contribution < 1.29 is 0 Å². The van der Waals surface area contributed by atoms with E-state index in [2.05, 4.69) is 192 Å². The summed E-state index contributed by atoms with van der Waals surface area (Å²) in [5.41, 5.74) is 7.89. The second-order valence-corrected chi connectivity index (χ2v) is 19.2. The van der Waals surface area contributed by atoms with Gasteiger partial charge in [-0.2, -0.15) is 0 Å². The average molecular weight is 796 g/mol. The van der Waals surface area contributed by atoms with E-state index < -0.39 is 5.41 Å². The van der Waals surface area contributed by atoms with Gasteiger partial charge in [0.25, 0.3) is 0 Å². The normalized spacial score (nSPS) is 12.5. The summed E-state index contributed by atoms with van der Waals surface area (Å²) in [6.07, 6.45) is 0. The van der Waals surface area contributed by atoms with E-state index >= 15 is 0 Å². The van der Waals surface area contributed by atoms with Crippen molar-refractivity contribution in [3.05, 3.63) is 174 Å². The smallest absolute Gasteiger partial charge is 0.141 e. The van der Waals surface area contributed by atoms with Crippen molar-refractivity contribution in [2.24, 2.45) is 0 Å². The Labute approximate surface area is 351 Å². The number of aromatic nitrogens is 3. The molecule has 0 aliphatic rings. The molecular weight excluding hydrogens is 755 g/mol. The van der Waals surface area contributed by atoms with Gasteiger partial charge in [0.2, 0.25) is 0 Å². The van der Waals surface area contributed by atoms with Crippen LogP contribution in [0.4, 0.5) is 0 Å². The summed E-state index contributed by atoms with van der Waals surface area (Å²) in [7, 11) is 0. The van der Waals surface area contributed by atoms with Crippen molar-refractivity contribution in [1.29, 1.82) is 0 Å². The molecule has 0 bridgehead atoms. The molecule has 4 heterocycles. The number of nitrogens with zero attached hydrogens (tertiary/aromatic N) is 3. The van der Waals surface area contributed by atoms with Gasteiger partial charge in [0.1, 0.15) is 5.82 Å². The molecule has 0 spiro atoms. The van der Waals surface area contributed by atoms with Crippen molar-refractivity contribution in [3.63, 3.8) is 0 Å². The number of rotatable bonds is 5. The lowest BCUT2D eigenvalue weighted by atomic mass is 9.85. The van der Waals surface area contributed by atoms with Gasteiger partial charge in [-0.1, -0.05) is 154 Å². The third-order valence-corrected chi connectivity index (χ3v) is 14.7. The fourth-order valence-electron chi connectivity index (χ4n) is 8.90. The standard InChI is InChI=1S/C54H41N3S2/c1-53(2,3)51-44(33-19-8-6-9-20-33)45-36-24-14-13-23-35(36)30-41(48(45)59-51)42-31-40-38-26-16-17-27-43(38)58-49(40)50(55-42)54(4,5)52-56-46(34-21-10-7-11-22-34)39-29-28-32-18-12-15-25-37(32)47(39)57-52/h6-31H,1-5H3. The molecule has 7 aromatic carbocycles. The zero-order valence-electron chi connectivity index (χ0n) is 33.7. The summed E-state index contributed by atoms with van der Waals surface area (Å²) in [5, 5.41) is 9.56. The zero-order valence-corrected chi connectivity index (χ0v) is 35.3. The number of benzene rings is 7. The van der Waals surface area contributed by atoms with Crippen molar-refractivity contribution in [3.8, 4) is 33.6 Å². The molecule has 11 aromatic rings. The Kier molecular flexibility index (Phi) is 8.14. The Morgan fingerprint density at radius 1 is 0.475 bits per heavy atom. The number of pyridine rings is 1. The van der Waals surface area contributed by atoms with Crippen LogP contribution in [-0.2, 0) is 10.8 Å². The Morgan fingerprint density at radius 3 is 1.86 bits per heavy atom. The minimum absolute atomic E-state index is 0.0740. The van der Waals surface area contributed by atoms with E-state index in [9.17, 15) is 0 Å². The van der Waals surface area contributed by atoms with E-state index in [0.29, 0.717) is 0 Å². The summed E-state index contributed by atoms with van der Waals surface area (Å²) >= 11 is 3.74. The number of thiophene rings is 2. The van der Waals surface area contributed by atoms with Gasteiger partial charge in [0, 0.05) is 57.9 Å². The highest BCUT2D eigenvalue weighted by Gasteiger charge is 2.34. The monoisotopic (exact) mass is 795 g/mol. The van der Waals surface area contributed by atoms with Crippen molar-refractivity contribution in [1.82, 2.24) is 15.0 Å². The van der Waals surface area contributed by atoms with Crippen LogP contribution in [-0.4, -0.2) is 15.0 Å². The summed E-state index contributed by atoms with van der Waals surface area (Å²) in [5.74, 6) is 0.754. The van der Waals surface area contributed by atoms with Gasteiger partial charge >= 0.3 is 0 Å². The van der Waals surface area contributed by atoms with E-state index in [1.807, 2.05) is 22.7 Å². The maximum absolute atomic E-state index is 5.83. The topological polar surface area (TPSA) is 38.7 Å². The van der Waals surface area contributed by atoms with Gasteiger partial charge in [0.15, 0.2) is 0 Å². The van der Waals surface area contributed by atoms with Gasteiger partial charge < -0.3 is 0 Å². The first-order chi connectivity index (χ1) is 28.6. The molecule has 5 heteroatoms. The molecule has 3 nitrogen and oxygen atoms in total. The van der Waals surface area contributed by atoms with Crippen LogP contribution in [0.5, 0.6) is 0 Å². The van der Waals surface area contributed by atoms with Gasteiger partial charge in [-0.3, -0.25) is 4.98 Å². The molecular formula is C54H41N3S2. The Balaban J connectivity index is 1.24. The van der Waals surface area contributed by atoms with E-state index in [4.69, 9.17) is 15.0 Å². The first-order valence-electron chi connectivity index (χ1n) is 20.3. The summed E-state index contributed by atoms with van der Waals surface area (Å²) in [6, 6.07) is 56.8. The van der Waals surface area contributed by atoms with Crippen LogP contribution in [0.2, 0.25) is 0 Å². The fourth-order valence-corrected chi connectivity index (χ4v) is 11.7. The largest absolute Gasteiger partial charge is 0.250 e. The summed E-state index contributed by atoms with van der Waals surface area (Å²) in [6.45, 7) is 11.5. The second kappa shape index (κ2) is 13.4. The molecule has 0 N–H and O–H groups in total. The summed E-state index contributed by atoms with van der Waals surface area (Å²) < 4.78 is 3.68. The van der Waals surface area contributed by atoms with E-state index in [1.54, 1.807) is 0 Å². The molecule has 0 unspecified atom stereocenters. The highest BCUT2D eigenvalue weighted by atomic mass is 32.1. The van der Waals surface area contributed by atoms with Crippen LogP contribution < -0.4 is 0 Å². The fraction of sp³-hybridized carbons (Fsp3) is 0.130. The van der Waals surface area contributed by atoms with Gasteiger partial charge in [-0.15, -0.1) is 22.7 Å². The van der Waals surface area contributed by atoms with Crippen LogP contribution in [0, 0.1) is 0 Å². The number of hydrogen-bond acceptors (Lipinski definition) is 5. The van der Waals surface area contributed by atoms with E-state index in [1.165, 1.54) is 57.0 Å². The third kappa shape index (κ3) is 5.71. The SMILES string of the molecule is CC(C)(C)c1sc2c(-c3cc4c(sc5ccccc54)c(C(C)(C)c4nc(-c5ccccc5)c5ccc6ccccc6c5n4)n3)cc3ccccc3c2c1-c1ccccc1. The van der Waals surface area contributed by atoms with E-state index in [-0.39, 0.29) is 5.41 Å². The Hall–Kier alpha value is -6.27. The maximum Gasteiger partial charge on any atom is 0.141 e. The first-order valence-corrected chi connectivity index (χ1v) is 21.9. The maximum atomic E-state index is 5.83. The highest BCUT2D eigenvalue weighted by Crippen LogP contribution is 2.51. The molecule has 0 amide bonds. The minimum atomic E-state index is -0.680. The number of fused-ring (bicyclic) bond motifs is 9. The highest BCUT2D eigenvalue weighted by molar-refractivity contribution is 7.26. The quantitative estimate of drug-likeness (QED) is 0.163. The molecule has 0 saturated carbocycles. The second-order valence-electron chi connectivity index (χ2n) is 17.2. The van der Waals surface area contributed by atoms with E-state index in [0.717, 1.165) is 55.7 Å². The van der Waals surface area contributed by atoms with Crippen LogP contribution in [0.1, 0.15) is 51.0 Å². The molecule has 0 atom stereocenters. The average Bonchev–Trinajstić information content (AvgIpc) is 3.86.